The number of rotatable bonds is 6. The molecule has 0 bridgehead atoms. The van der Waals surface area contributed by atoms with Gasteiger partial charge in [0, 0.05) is 11.4 Å². The molecule has 4 amide bonds. The molecule has 3 rings (SSSR count). The van der Waals surface area contributed by atoms with E-state index >= 15 is 0 Å². The molecule has 2 aromatic rings. The average molecular weight is 355 g/mol. The van der Waals surface area contributed by atoms with Crippen molar-refractivity contribution in [3.05, 3.63) is 47.3 Å². The van der Waals surface area contributed by atoms with E-state index in [0.717, 1.165) is 22.6 Å². The Morgan fingerprint density at radius 1 is 1.31 bits per heavy atom. The molecule has 1 aromatic carbocycles. The van der Waals surface area contributed by atoms with Gasteiger partial charge in [0.25, 0.3) is 5.91 Å². The molecule has 0 spiro atoms. The van der Waals surface area contributed by atoms with Crippen molar-refractivity contribution in [2.75, 3.05) is 11.9 Å². The number of urea groups is 1. The number of aromatic amines is 1. The molecule has 0 aliphatic carbocycles. The number of nitrogens with one attached hydrogen (secondary N) is 3. The number of imide groups is 1. The van der Waals surface area contributed by atoms with E-state index in [4.69, 9.17) is 0 Å². The van der Waals surface area contributed by atoms with Crippen LogP contribution in [0.1, 0.15) is 35.6 Å². The largest absolute Gasteiger partial charge is 0.329 e. The summed E-state index contributed by atoms with van der Waals surface area (Å²) in [6.07, 6.45) is 0.821. The number of hydrogen-bond acceptors (Lipinski definition) is 4. The highest BCUT2D eigenvalue weighted by atomic mass is 16.2. The summed E-state index contributed by atoms with van der Waals surface area (Å²) in [6, 6.07) is 8.38. The lowest BCUT2D eigenvalue weighted by molar-refractivity contribution is -0.125. The van der Waals surface area contributed by atoms with E-state index in [9.17, 15) is 14.4 Å². The monoisotopic (exact) mass is 355 g/mol. The number of amides is 4. The van der Waals surface area contributed by atoms with Crippen molar-refractivity contribution in [3.8, 4) is 0 Å². The van der Waals surface area contributed by atoms with Gasteiger partial charge in [-0.3, -0.25) is 19.6 Å². The third kappa shape index (κ3) is 4.08. The van der Waals surface area contributed by atoms with Crippen molar-refractivity contribution < 1.29 is 14.4 Å². The molecule has 1 aromatic heterocycles. The Morgan fingerprint density at radius 2 is 2.12 bits per heavy atom. The molecular weight excluding hydrogens is 334 g/mol. The quantitative estimate of drug-likeness (QED) is 0.688. The average Bonchev–Trinajstić information content (AvgIpc) is 3.17. The molecule has 2 heterocycles. The Hall–Kier alpha value is -3.16. The van der Waals surface area contributed by atoms with Crippen LogP contribution in [0.5, 0.6) is 0 Å². The molecule has 0 radical (unpaired) electrons. The second kappa shape index (κ2) is 7.38. The van der Waals surface area contributed by atoms with E-state index in [-0.39, 0.29) is 24.9 Å². The smallest absolute Gasteiger partial charge is 0.324 e. The van der Waals surface area contributed by atoms with Gasteiger partial charge in [-0.2, -0.15) is 5.10 Å². The van der Waals surface area contributed by atoms with Crippen LogP contribution in [0.3, 0.4) is 0 Å². The van der Waals surface area contributed by atoms with Crippen molar-refractivity contribution in [2.24, 2.45) is 5.92 Å². The summed E-state index contributed by atoms with van der Waals surface area (Å²) in [5, 5.41) is 12.2. The predicted octanol–water partition coefficient (Wildman–Crippen LogP) is 1.91. The van der Waals surface area contributed by atoms with Crippen LogP contribution in [0.15, 0.2) is 30.3 Å². The zero-order valence-corrected chi connectivity index (χ0v) is 14.7. The lowest BCUT2D eigenvalue weighted by Gasteiger charge is -2.13. The summed E-state index contributed by atoms with van der Waals surface area (Å²) in [5.41, 5.74) is 2.56. The maximum atomic E-state index is 12.4. The Labute approximate surface area is 151 Å². The molecule has 8 heteroatoms. The number of H-pyrrole nitrogens is 1. The van der Waals surface area contributed by atoms with E-state index in [1.54, 1.807) is 30.3 Å². The van der Waals surface area contributed by atoms with Crippen molar-refractivity contribution in [1.29, 1.82) is 0 Å². The van der Waals surface area contributed by atoms with Gasteiger partial charge in [-0.15, -0.1) is 0 Å². The molecule has 1 saturated heterocycles. The van der Waals surface area contributed by atoms with E-state index in [1.807, 2.05) is 0 Å². The lowest BCUT2D eigenvalue weighted by atomic mass is 10.1. The summed E-state index contributed by atoms with van der Waals surface area (Å²) < 4.78 is 0. The Morgan fingerprint density at radius 3 is 2.81 bits per heavy atom. The molecule has 136 valence electrons. The van der Waals surface area contributed by atoms with Gasteiger partial charge in [0.05, 0.1) is 13.1 Å². The van der Waals surface area contributed by atoms with E-state index in [0.29, 0.717) is 17.3 Å². The number of aromatic nitrogens is 2. The fourth-order valence-corrected chi connectivity index (χ4v) is 2.76. The van der Waals surface area contributed by atoms with Crippen LogP contribution < -0.4 is 10.6 Å². The zero-order chi connectivity index (χ0) is 18.7. The van der Waals surface area contributed by atoms with E-state index in [1.165, 1.54) is 0 Å². The molecule has 8 nitrogen and oxygen atoms in total. The summed E-state index contributed by atoms with van der Waals surface area (Å²) >= 11 is 0. The standard InChI is InChI=1S/C18H21N5O3/c1-11(2)6-14-8-15(22-21-14)17(25)20-13-5-3-4-12(7-13)10-23-16(24)9-19-18(23)26/h3-5,7-8,11H,6,9-10H2,1-2H3,(H,19,26)(H,20,25)(H,21,22). The van der Waals surface area contributed by atoms with Gasteiger partial charge < -0.3 is 10.6 Å². The summed E-state index contributed by atoms with van der Waals surface area (Å²) in [5.74, 6) is -0.115. The SMILES string of the molecule is CC(C)Cc1cc(C(=O)Nc2cccc(CN3C(=O)CNC3=O)c2)n[nH]1. The van der Waals surface area contributed by atoms with Crippen molar-refractivity contribution in [1.82, 2.24) is 20.4 Å². The molecule has 0 unspecified atom stereocenters. The van der Waals surface area contributed by atoms with E-state index in [2.05, 4.69) is 34.7 Å². The summed E-state index contributed by atoms with van der Waals surface area (Å²) in [6.45, 7) is 4.37. The minimum atomic E-state index is -0.404. The Balaban J connectivity index is 1.66. The lowest BCUT2D eigenvalue weighted by Crippen LogP contribution is -2.30. The Kier molecular flexibility index (Phi) is 5.01. The van der Waals surface area contributed by atoms with E-state index < -0.39 is 6.03 Å². The normalized spacial score (nSPS) is 14.0. The second-order valence-electron chi connectivity index (χ2n) is 6.67. The highest BCUT2D eigenvalue weighted by molar-refractivity contribution is 6.03. The van der Waals surface area contributed by atoms with Gasteiger partial charge in [-0.1, -0.05) is 26.0 Å². The van der Waals surface area contributed by atoms with Crippen LogP contribution >= 0.6 is 0 Å². The summed E-state index contributed by atoms with van der Waals surface area (Å²) in [7, 11) is 0. The number of hydrogen-bond donors (Lipinski definition) is 3. The molecule has 1 aliphatic heterocycles. The zero-order valence-electron chi connectivity index (χ0n) is 14.7. The molecular formula is C18H21N5O3. The fraction of sp³-hybridized carbons (Fsp3) is 0.333. The van der Waals surface area contributed by atoms with Crippen molar-refractivity contribution in [3.63, 3.8) is 0 Å². The molecule has 0 atom stereocenters. The fourth-order valence-electron chi connectivity index (χ4n) is 2.76. The molecule has 26 heavy (non-hydrogen) atoms. The third-order valence-electron chi connectivity index (χ3n) is 3.95. The first-order valence-electron chi connectivity index (χ1n) is 8.45. The van der Waals surface area contributed by atoms with Crippen LogP contribution in [0.25, 0.3) is 0 Å². The molecule has 1 aliphatic rings. The minimum Gasteiger partial charge on any atom is -0.329 e. The van der Waals surface area contributed by atoms with Gasteiger partial charge in [0.1, 0.15) is 0 Å². The second-order valence-corrected chi connectivity index (χ2v) is 6.67. The van der Waals surface area contributed by atoms with Crippen LogP contribution in [-0.2, 0) is 17.8 Å². The van der Waals surface area contributed by atoms with Crippen LogP contribution in [0.2, 0.25) is 0 Å². The number of carbonyl (C=O) groups excluding carboxylic acids is 3. The van der Waals surface area contributed by atoms with Gasteiger partial charge >= 0.3 is 6.03 Å². The molecule has 0 saturated carbocycles. The minimum absolute atomic E-state index is 0.0210. The van der Waals surface area contributed by atoms with Gasteiger partial charge in [0.2, 0.25) is 5.91 Å². The number of nitrogens with zero attached hydrogens (tertiary/aromatic N) is 2. The highest BCUT2D eigenvalue weighted by Gasteiger charge is 2.28. The van der Waals surface area contributed by atoms with Crippen LogP contribution in [-0.4, -0.2) is 39.5 Å². The van der Waals surface area contributed by atoms with Gasteiger partial charge in [0.15, 0.2) is 5.69 Å². The topological polar surface area (TPSA) is 107 Å². The summed E-state index contributed by atoms with van der Waals surface area (Å²) in [4.78, 5) is 36.8. The van der Waals surface area contributed by atoms with Gasteiger partial charge in [-0.25, -0.2) is 4.79 Å². The van der Waals surface area contributed by atoms with Crippen molar-refractivity contribution >= 4 is 23.5 Å². The Bertz CT molecular complexity index is 827. The first kappa shape index (κ1) is 17.7. The van der Waals surface area contributed by atoms with Crippen LogP contribution in [0, 0.1) is 5.92 Å². The molecule has 3 N–H and O–H groups in total. The number of carbonyl (C=O) groups is 3. The van der Waals surface area contributed by atoms with Gasteiger partial charge in [-0.05, 0) is 36.1 Å². The first-order chi connectivity index (χ1) is 12.4. The van der Waals surface area contributed by atoms with Crippen molar-refractivity contribution in [2.45, 2.75) is 26.8 Å². The molecule has 1 fully saturated rings. The predicted molar refractivity (Wildman–Crippen MR) is 95.5 cm³/mol. The maximum Gasteiger partial charge on any atom is 0.324 e. The number of benzene rings is 1. The highest BCUT2D eigenvalue weighted by Crippen LogP contribution is 2.15. The maximum absolute atomic E-state index is 12.4. The first-order valence-corrected chi connectivity index (χ1v) is 8.45. The van der Waals surface area contributed by atoms with Crippen LogP contribution in [0.4, 0.5) is 10.5 Å². The third-order valence-corrected chi connectivity index (χ3v) is 3.95. The number of anilines is 1.